The number of amides is 2. The molecule has 1 heterocycles. The molecule has 8 heteroatoms. The molecule has 0 radical (unpaired) electrons. The minimum absolute atomic E-state index is 0.0646. The summed E-state index contributed by atoms with van der Waals surface area (Å²) in [7, 11) is 1.70. The first-order valence-electron chi connectivity index (χ1n) is 11.8. The van der Waals surface area contributed by atoms with Gasteiger partial charge in [0.15, 0.2) is 0 Å². The van der Waals surface area contributed by atoms with E-state index in [9.17, 15) is 18.4 Å². The summed E-state index contributed by atoms with van der Waals surface area (Å²) in [5.41, 5.74) is 1.12. The molecule has 0 bridgehead atoms. The van der Waals surface area contributed by atoms with Gasteiger partial charge in [-0.15, -0.1) is 0 Å². The molecule has 1 aliphatic heterocycles. The zero-order valence-electron chi connectivity index (χ0n) is 19.9. The summed E-state index contributed by atoms with van der Waals surface area (Å²) in [6.07, 6.45) is 1.67. The molecular formula is C28H27ClF2N2O3. The number of ether oxygens (including phenoxy) is 1. The Morgan fingerprint density at radius 3 is 2.53 bits per heavy atom. The normalized spacial score (nSPS) is 17.0. The van der Waals surface area contributed by atoms with Crippen LogP contribution in [0.1, 0.15) is 39.1 Å². The van der Waals surface area contributed by atoms with Gasteiger partial charge in [0.25, 0.3) is 11.8 Å². The average Bonchev–Trinajstić information content (AvgIpc) is 2.86. The average molecular weight is 513 g/mol. The maximum Gasteiger partial charge on any atom is 0.257 e. The fourth-order valence-electron chi connectivity index (χ4n) is 4.33. The highest BCUT2D eigenvalue weighted by Crippen LogP contribution is 2.26. The molecule has 0 unspecified atom stereocenters. The van der Waals surface area contributed by atoms with Gasteiger partial charge in [0.1, 0.15) is 24.0 Å². The molecule has 5 nitrogen and oxygen atoms in total. The maximum absolute atomic E-state index is 14.6. The lowest BCUT2D eigenvalue weighted by Crippen LogP contribution is -2.46. The van der Waals surface area contributed by atoms with E-state index in [1.54, 1.807) is 35.0 Å². The molecule has 1 atom stereocenters. The Labute approximate surface area is 214 Å². The molecule has 0 spiro atoms. The number of benzene rings is 3. The van der Waals surface area contributed by atoms with E-state index in [0.29, 0.717) is 54.8 Å². The lowest BCUT2D eigenvalue weighted by atomic mass is 10.0. The number of carbonyl (C=O) groups excluding carboxylic acids is 2. The van der Waals surface area contributed by atoms with Crippen molar-refractivity contribution in [3.63, 3.8) is 0 Å². The van der Waals surface area contributed by atoms with Crippen LogP contribution in [0.25, 0.3) is 0 Å². The van der Waals surface area contributed by atoms with Crippen LogP contribution < -0.4 is 4.74 Å². The van der Waals surface area contributed by atoms with E-state index in [2.05, 4.69) is 0 Å². The molecule has 0 saturated carbocycles. The predicted octanol–water partition coefficient (Wildman–Crippen LogP) is 5.62. The van der Waals surface area contributed by atoms with Crippen LogP contribution in [-0.4, -0.2) is 54.4 Å². The predicted molar refractivity (Wildman–Crippen MR) is 134 cm³/mol. The van der Waals surface area contributed by atoms with Crippen LogP contribution in [0.15, 0.2) is 66.7 Å². The number of carbonyl (C=O) groups is 2. The lowest BCUT2D eigenvalue weighted by Gasteiger charge is -2.33. The van der Waals surface area contributed by atoms with E-state index < -0.39 is 23.6 Å². The van der Waals surface area contributed by atoms with Crippen molar-refractivity contribution < 1.29 is 23.1 Å². The molecule has 0 aliphatic carbocycles. The van der Waals surface area contributed by atoms with E-state index in [-0.39, 0.29) is 18.1 Å². The second-order valence-electron chi connectivity index (χ2n) is 8.85. The van der Waals surface area contributed by atoms with Gasteiger partial charge in [-0.25, -0.2) is 8.78 Å². The van der Waals surface area contributed by atoms with Crippen LogP contribution in [0, 0.1) is 11.6 Å². The molecule has 36 heavy (non-hydrogen) atoms. The van der Waals surface area contributed by atoms with Gasteiger partial charge < -0.3 is 14.5 Å². The first-order chi connectivity index (χ1) is 17.3. The lowest BCUT2D eigenvalue weighted by molar-refractivity contribution is 0.0586. The van der Waals surface area contributed by atoms with Gasteiger partial charge in [-0.1, -0.05) is 41.9 Å². The van der Waals surface area contributed by atoms with Gasteiger partial charge in [-0.05, 0) is 55.2 Å². The van der Waals surface area contributed by atoms with E-state index in [1.807, 2.05) is 30.3 Å². The highest BCUT2D eigenvalue weighted by molar-refractivity contribution is 6.31. The molecule has 3 aromatic carbocycles. The second-order valence-corrected chi connectivity index (χ2v) is 9.29. The van der Waals surface area contributed by atoms with E-state index >= 15 is 0 Å². The Kier molecular flexibility index (Phi) is 8.21. The zero-order chi connectivity index (χ0) is 25.7. The third-order valence-electron chi connectivity index (χ3n) is 6.27. The monoisotopic (exact) mass is 512 g/mol. The van der Waals surface area contributed by atoms with Gasteiger partial charge in [-0.2, -0.15) is 0 Å². The summed E-state index contributed by atoms with van der Waals surface area (Å²) >= 11 is 6.17. The number of nitrogens with zero attached hydrogens (tertiary/aromatic N) is 2. The van der Waals surface area contributed by atoms with Crippen LogP contribution >= 0.6 is 11.6 Å². The van der Waals surface area contributed by atoms with Crippen LogP contribution in [0.2, 0.25) is 5.02 Å². The van der Waals surface area contributed by atoms with Crippen LogP contribution in [0.5, 0.6) is 5.75 Å². The van der Waals surface area contributed by atoms with Gasteiger partial charge >= 0.3 is 0 Å². The third kappa shape index (κ3) is 6.02. The van der Waals surface area contributed by atoms with Gasteiger partial charge in [-0.3, -0.25) is 9.59 Å². The van der Waals surface area contributed by atoms with Gasteiger partial charge in [0.05, 0.1) is 17.2 Å². The van der Waals surface area contributed by atoms with E-state index in [1.165, 1.54) is 6.07 Å². The summed E-state index contributed by atoms with van der Waals surface area (Å²) in [6, 6.07) is 17.0. The van der Waals surface area contributed by atoms with Crippen LogP contribution in [-0.2, 0) is 6.42 Å². The molecule has 0 fully saturated rings. The van der Waals surface area contributed by atoms with Crippen molar-refractivity contribution in [3.05, 3.63) is 100 Å². The summed E-state index contributed by atoms with van der Waals surface area (Å²) in [5.74, 6) is -2.03. The van der Waals surface area contributed by atoms with E-state index in [0.717, 1.165) is 11.6 Å². The highest BCUT2D eigenvalue weighted by atomic mass is 35.5. The molecule has 2 amide bonds. The van der Waals surface area contributed by atoms with Gasteiger partial charge in [0.2, 0.25) is 0 Å². The zero-order valence-corrected chi connectivity index (χ0v) is 20.7. The first-order valence-corrected chi connectivity index (χ1v) is 12.2. The Morgan fingerprint density at radius 2 is 1.78 bits per heavy atom. The Balaban J connectivity index is 1.72. The van der Waals surface area contributed by atoms with Crippen LogP contribution in [0.3, 0.4) is 0 Å². The molecule has 1 aliphatic rings. The number of halogens is 3. The summed E-state index contributed by atoms with van der Waals surface area (Å²) < 4.78 is 34.3. The molecule has 4 rings (SSSR count). The molecule has 3 aromatic rings. The molecule has 0 saturated heterocycles. The Hall–Kier alpha value is -3.45. The minimum atomic E-state index is -0.907. The Bertz CT molecular complexity index is 1240. The number of rotatable bonds is 3. The SMILES string of the molecule is CN1CCCCN(C(=O)c2ccc(F)cc2F)[C@@H](Cc2ccccc2)COc2ccc(Cl)cc2C1=O. The second kappa shape index (κ2) is 11.5. The fourth-order valence-corrected chi connectivity index (χ4v) is 4.50. The topological polar surface area (TPSA) is 49.9 Å². The summed E-state index contributed by atoms with van der Waals surface area (Å²) in [6.45, 7) is 0.849. The quantitative estimate of drug-likeness (QED) is 0.458. The molecule has 0 N–H and O–H groups in total. The summed E-state index contributed by atoms with van der Waals surface area (Å²) in [4.78, 5) is 29.8. The largest absolute Gasteiger partial charge is 0.491 e. The number of hydrogen-bond donors (Lipinski definition) is 0. The van der Waals surface area contributed by atoms with Gasteiger partial charge in [0, 0.05) is 31.2 Å². The van der Waals surface area contributed by atoms with Crippen molar-refractivity contribution in [3.8, 4) is 5.75 Å². The van der Waals surface area contributed by atoms with Crippen molar-refractivity contribution in [2.45, 2.75) is 25.3 Å². The van der Waals surface area contributed by atoms with E-state index in [4.69, 9.17) is 16.3 Å². The molecule has 0 aromatic heterocycles. The van der Waals surface area contributed by atoms with Crippen molar-refractivity contribution in [2.75, 3.05) is 26.7 Å². The first kappa shape index (κ1) is 25.6. The fraction of sp³-hybridized carbons (Fsp3) is 0.286. The molecular weight excluding hydrogens is 486 g/mol. The van der Waals surface area contributed by atoms with Crippen molar-refractivity contribution >= 4 is 23.4 Å². The highest BCUT2D eigenvalue weighted by Gasteiger charge is 2.29. The maximum atomic E-state index is 14.6. The smallest absolute Gasteiger partial charge is 0.257 e. The number of fused-ring (bicyclic) bond motifs is 1. The van der Waals surface area contributed by atoms with Crippen molar-refractivity contribution in [1.29, 1.82) is 0 Å². The van der Waals surface area contributed by atoms with Crippen molar-refractivity contribution in [1.82, 2.24) is 9.80 Å². The van der Waals surface area contributed by atoms with Crippen LogP contribution in [0.4, 0.5) is 8.78 Å². The third-order valence-corrected chi connectivity index (χ3v) is 6.50. The number of hydrogen-bond acceptors (Lipinski definition) is 3. The minimum Gasteiger partial charge on any atom is -0.491 e. The standard InChI is InChI=1S/C28H27ClF2N2O3/c1-32-13-5-6-14-33(28(35)23-11-10-21(30)17-25(23)31)22(15-19-7-3-2-4-8-19)18-36-26-12-9-20(29)16-24(26)27(32)34/h2-4,7-12,16-17,22H,5-6,13-15,18H2,1H3/t22-/m0/s1. The molecule has 188 valence electrons. The summed E-state index contributed by atoms with van der Waals surface area (Å²) in [5, 5.41) is 0.413. The Morgan fingerprint density at radius 1 is 1.03 bits per heavy atom. The van der Waals surface area contributed by atoms with Crippen molar-refractivity contribution in [2.24, 2.45) is 0 Å².